The van der Waals surface area contributed by atoms with Gasteiger partial charge in [0, 0.05) is 24.3 Å². The number of benzene rings is 1. The van der Waals surface area contributed by atoms with Crippen molar-refractivity contribution in [2.75, 3.05) is 23.4 Å². The van der Waals surface area contributed by atoms with Crippen LogP contribution in [0.5, 0.6) is 0 Å². The Labute approximate surface area is 142 Å². The van der Waals surface area contributed by atoms with E-state index in [-0.39, 0.29) is 24.3 Å². The Bertz CT molecular complexity index is 640. The molecule has 1 aliphatic rings. The molecule has 0 radical (unpaired) electrons. The number of aryl methyl sites for hydroxylation is 1. The quantitative estimate of drug-likeness (QED) is 0.841. The summed E-state index contributed by atoms with van der Waals surface area (Å²) in [4.78, 5) is 37.0. The first kappa shape index (κ1) is 18.0. The molecule has 1 saturated heterocycles. The van der Waals surface area contributed by atoms with Gasteiger partial charge in [-0.3, -0.25) is 14.4 Å². The van der Waals surface area contributed by atoms with Crippen LogP contribution in [0.15, 0.2) is 18.2 Å². The lowest BCUT2D eigenvalue weighted by Gasteiger charge is -2.28. The summed E-state index contributed by atoms with van der Waals surface area (Å²) >= 11 is 0. The zero-order valence-corrected chi connectivity index (χ0v) is 14.4. The predicted octanol–water partition coefficient (Wildman–Crippen LogP) is 2.65. The number of anilines is 2. The maximum atomic E-state index is 12.0. The Morgan fingerprint density at radius 2 is 2.04 bits per heavy atom. The van der Waals surface area contributed by atoms with Gasteiger partial charge in [-0.05, 0) is 43.5 Å². The van der Waals surface area contributed by atoms with Crippen LogP contribution in [0, 0.1) is 12.8 Å². The van der Waals surface area contributed by atoms with E-state index in [0.717, 1.165) is 30.6 Å². The Kier molecular flexibility index (Phi) is 5.95. The minimum absolute atomic E-state index is 0.140. The number of nitrogens with zero attached hydrogens (tertiary/aromatic N) is 1. The number of nitrogens with one attached hydrogen (secondary N) is 1. The first-order valence-electron chi connectivity index (χ1n) is 8.26. The van der Waals surface area contributed by atoms with Crippen molar-refractivity contribution in [3.05, 3.63) is 23.8 Å². The van der Waals surface area contributed by atoms with E-state index in [1.165, 1.54) is 0 Å². The van der Waals surface area contributed by atoms with E-state index in [2.05, 4.69) is 5.32 Å². The third-order valence-corrected chi connectivity index (χ3v) is 3.91. The number of hydrogen-bond donors (Lipinski definition) is 1. The number of hydrogen-bond acceptors (Lipinski definition) is 4. The van der Waals surface area contributed by atoms with E-state index in [0.29, 0.717) is 12.1 Å². The average Bonchev–Trinajstić information content (AvgIpc) is 2.53. The Morgan fingerprint density at radius 1 is 1.29 bits per heavy atom. The number of piperidine rings is 1. The molecular weight excluding hydrogens is 308 g/mol. The molecule has 0 bridgehead atoms. The van der Waals surface area contributed by atoms with Gasteiger partial charge in [-0.1, -0.05) is 13.8 Å². The molecule has 24 heavy (non-hydrogen) atoms. The molecule has 1 heterocycles. The summed E-state index contributed by atoms with van der Waals surface area (Å²) < 4.78 is 4.90. The van der Waals surface area contributed by atoms with Crippen molar-refractivity contribution >= 4 is 29.2 Å². The summed E-state index contributed by atoms with van der Waals surface area (Å²) in [5.41, 5.74) is 2.41. The van der Waals surface area contributed by atoms with Crippen LogP contribution in [0.3, 0.4) is 0 Å². The molecule has 130 valence electrons. The molecule has 1 fully saturated rings. The zero-order valence-electron chi connectivity index (χ0n) is 14.4. The number of rotatable bonds is 5. The van der Waals surface area contributed by atoms with Gasteiger partial charge in [-0.25, -0.2) is 0 Å². The molecule has 0 aromatic heterocycles. The molecule has 2 rings (SSSR count). The molecule has 1 N–H and O–H groups in total. The van der Waals surface area contributed by atoms with Crippen molar-refractivity contribution in [1.29, 1.82) is 0 Å². The fourth-order valence-corrected chi connectivity index (χ4v) is 2.60. The zero-order chi connectivity index (χ0) is 17.7. The molecule has 0 atom stereocenters. The number of amides is 2. The maximum Gasteiger partial charge on any atom is 0.308 e. The average molecular weight is 332 g/mol. The van der Waals surface area contributed by atoms with Crippen LogP contribution in [0.1, 0.15) is 38.7 Å². The Morgan fingerprint density at radius 3 is 2.67 bits per heavy atom. The largest absolute Gasteiger partial charge is 0.455 e. The van der Waals surface area contributed by atoms with Crippen molar-refractivity contribution in [3.63, 3.8) is 0 Å². The molecule has 1 aromatic carbocycles. The van der Waals surface area contributed by atoms with E-state index < -0.39 is 5.97 Å². The normalized spacial score (nSPS) is 14.7. The van der Waals surface area contributed by atoms with E-state index in [9.17, 15) is 14.4 Å². The molecule has 0 spiro atoms. The monoisotopic (exact) mass is 332 g/mol. The number of ether oxygens (including phenoxy) is 1. The van der Waals surface area contributed by atoms with Crippen LogP contribution in [0.25, 0.3) is 0 Å². The van der Waals surface area contributed by atoms with Gasteiger partial charge in [0.15, 0.2) is 6.61 Å². The molecule has 0 unspecified atom stereocenters. The number of carbonyl (C=O) groups excluding carboxylic acids is 3. The van der Waals surface area contributed by atoms with Gasteiger partial charge in [0.2, 0.25) is 5.91 Å². The highest BCUT2D eigenvalue weighted by molar-refractivity contribution is 5.96. The van der Waals surface area contributed by atoms with Gasteiger partial charge in [-0.2, -0.15) is 0 Å². The smallest absolute Gasteiger partial charge is 0.308 e. The lowest BCUT2D eigenvalue weighted by molar-refractivity contribution is -0.150. The van der Waals surface area contributed by atoms with Crippen LogP contribution >= 0.6 is 0 Å². The van der Waals surface area contributed by atoms with Gasteiger partial charge in [-0.15, -0.1) is 0 Å². The second-order valence-corrected chi connectivity index (χ2v) is 6.31. The minimum atomic E-state index is -0.403. The van der Waals surface area contributed by atoms with Crippen molar-refractivity contribution < 1.29 is 19.1 Å². The summed E-state index contributed by atoms with van der Waals surface area (Å²) in [7, 11) is 0. The highest BCUT2D eigenvalue weighted by atomic mass is 16.5. The minimum Gasteiger partial charge on any atom is -0.455 e. The fourth-order valence-electron chi connectivity index (χ4n) is 2.60. The first-order chi connectivity index (χ1) is 11.4. The fraction of sp³-hybridized carbons (Fsp3) is 0.500. The Balaban J connectivity index is 1.98. The molecule has 2 amide bonds. The second-order valence-electron chi connectivity index (χ2n) is 6.31. The SMILES string of the molecule is Cc1cc(NC(=O)COC(=O)C(C)C)ccc1N1CCCCC1=O. The molecule has 6 heteroatoms. The second kappa shape index (κ2) is 7.95. The van der Waals surface area contributed by atoms with Crippen molar-refractivity contribution in [3.8, 4) is 0 Å². The van der Waals surface area contributed by atoms with E-state index in [1.807, 2.05) is 19.1 Å². The third kappa shape index (κ3) is 4.57. The number of carbonyl (C=O) groups is 3. The molecular formula is C18H24N2O4. The van der Waals surface area contributed by atoms with Crippen molar-refractivity contribution in [1.82, 2.24) is 0 Å². The molecule has 6 nitrogen and oxygen atoms in total. The Hall–Kier alpha value is -2.37. The van der Waals surface area contributed by atoms with E-state index in [1.54, 1.807) is 24.8 Å². The van der Waals surface area contributed by atoms with Crippen molar-refractivity contribution in [2.45, 2.75) is 40.0 Å². The topological polar surface area (TPSA) is 75.7 Å². The summed E-state index contributed by atoms with van der Waals surface area (Å²) in [5, 5.41) is 2.70. The summed E-state index contributed by atoms with van der Waals surface area (Å²) in [6.07, 6.45) is 2.53. The highest BCUT2D eigenvalue weighted by Gasteiger charge is 2.21. The molecule has 0 aliphatic carbocycles. The van der Waals surface area contributed by atoms with E-state index >= 15 is 0 Å². The molecule has 1 aliphatic heterocycles. The maximum absolute atomic E-state index is 12.0. The molecule has 0 saturated carbocycles. The van der Waals surface area contributed by atoms with Crippen LogP contribution in [-0.2, 0) is 19.1 Å². The van der Waals surface area contributed by atoms with Crippen LogP contribution < -0.4 is 10.2 Å². The predicted molar refractivity (Wildman–Crippen MR) is 91.8 cm³/mol. The highest BCUT2D eigenvalue weighted by Crippen LogP contribution is 2.27. The summed E-state index contributed by atoms with van der Waals surface area (Å²) in [6, 6.07) is 5.42. The first-order valence-corrected chi connectivity index (χ1v) is 8.26. The standard InChI is InChI=1S/C18H24N2O4/c1-12(2)18(23)24-11-16(21)19-14-7-8-15(13(3)10-14)20-9-5-4-6-17(20)22/h7-8,10,12H,4-6,9,11H2,1-3H3,(H,19,21). The van der Waals surface area contributed by atoms with Gasteiger partial charge in [0.25, 0.3) is 5.91 Å². The lowest BCUT2D eigenvalue weighted by Crippen LogP contribution is -2.35. The summed E-state index contributed by atoms with van der Waals surface area (Å²) in [5.74, 6) is -0.909. The van der Waals surface area contributed by atoms with Gasteiger partial charge in [0.05, 0.1) is 5.92 Å². The summed E-state index contributed by atoms with van der Waals surface area (Å²) in [6.45, 7) is 5.76. The van der Waals surface area contributed by atoms with E-state index in [4.69, 9.17) is 4.74 Å². The van der Waals surface area contributed by atoms with Gasteiger partial charge >= 0.3 is 5.97 Å². The third-order valence-electron chi connectivity index (χ3n) is 3.91. The van der Waals surface area contributed by atoms with Crippen LogP contribution in [-0.4, -0.2) is 30.9 Å². The van der Waals surface area contributed by atoms with Crippen LogP contribution in [0.4, 0.5) is 11.4 Å². The number of esters is 1. The van der Waals surface area contributed by atoms with Gasteiger partial charge < -0.3 is 15.0 Å². The van der Waals surface area contributed by atoms with Gasteiger partial charge in [0.1, 0.15) is 0 Å². The molecule has 1 aromatic rings. The van der Waals surface area contributed by atoms with Crippen molar-refractivity contribution in [2.24, 2.45) is 5.92 Å². The lowest BCUT2D eigenvalue weighted by atomic mass is 10.1. The van der Waals surface area contributed by atoms with Crippen LogP contribution in [0.2, 0.25) is 0 Å².